The number of aliphatic imine (C=N–C) groups is 1. The molecule has 5 rings (SSSR count). The number of nitrogens with zero attached hydrogens (tertiary/aromatic N) is 3. The van der Waals surface area contributed by atoms with Gasteiger partial charge in [0.1, 0.15) is 0 Å². The molecule has 0 unspecified atom stereocenters. The lowest BCUT2D eigenvalue weighted by Crippen LogP contribution is -2.43. The van der Waals surface area contributed by atoms with Crippen molar-refractivity contribution in [2.24, 2.45) is 4.99 Å². The molecular formula is C26H32N6. The standard InChI is InChI=1S/C26H32N6/c1-3-7-20(8-4-1)13-16-32-19-24-25(31-32)26(29-22-11-14-27-15-12-22)30-23(18-28-24)17-21-9-5-2-6-10-21/h1-10,19,22-23,27-28H,11-18H2,(H,29,30)/t23-/m1/s1. The topological polar surface area (TPSA) is 66.3 Å². The molecule has 32 heavy (non-hydrogen) atoms. The molecule has 2 aliphatic heterocycles. The van der Waals surface area contributed by atoms with E-state index in [0.29, 0.717) is 6.04 Å². The van der Waals surface area contributed by atoms with Crippen LogP contribution in [0.15, 0.2) is 71.9 Å². The Kier molecular flexibility index (Phi) is 6.49. The van der Waals surface area contributed by atoms with E-state index in [1.54, 1.807) is 0 Å². The molecule has 2 aromatic carbocycles. The molecule has 1 atom stereocenters. The summed E-state index contributed by atoms with van der Waals surface area (Å²) in [6.45, 7) is 3.76. The number of piperidine rings is 1. The molecule has 0 saturated carbocycles. The summed E-state index contributed by atoms with van der Waals surface area (Å²) in [4.78, 5) is 5.18. The highest BCUT2D eigenvalue weighted by Crippen LogP contribution is 2.21. The average Bonchev–Trinajstić information content (AvgIpc) is 3.19. The Morgan fingerprint density at radius 3 is 2.41 bits per heavy atom. The van der Waals surface area contributed by atoms with Crippen LogP contribution in [0.3, 0.4) is 0 Å². The van der Waals surface area contributed by atoms with E-state index >= 15 is 0 Å². The third-order valence-electron chi connectivity index (χ3n) is 6.29. The fourth-order valence-corrected chi connectivity index (χ4v) is 4.51. The first kappa shape index (κ1) is 20.8. The molecule has 1 saturated heterocycles. The van der Waals surface area contributed by atoms with Crippen LogP contribution in [0.5, 0.6) is 0 Å². The van der Waals surface area contributed by atoms with Gasteiger partial charge in [0.15, 0.2) is 11.5 Å². The van der Waals surface area contributed by atoms with Crippen LogP contribution in [0.2, 0.25) is 0 Å². The van der Waals surface area contributed by atoms with Crippen LogP contribution in [-0.4, -0.2) is 47.3 Å². The average molecular weight is 429 g/mol. The smallest absolute Gasteiger partial charge is 0.151 e. The maximum atomic E-state index is 5.18. The van der Waals surface area contributed by atoms with Gasteiger partial charge in [0.05, 0.1) is 11.7 Å². The van der Waals surface area contributed by atoms with Crippen LogP contribution in [0, 0.1) is 0 Å². The summed E-state index contributed by atoms with van der Waals surface area (Å²) in [5, 5.41) is 15.8. The normalized spacial score (nSPS) is 18.9. The Morgan fingerprint density at radius 1 is 0.938 bits per heavy atom. The van der Waals surface area contributed by atoms with Crippen LogP contribution in [-0.2, 0) is 19.4 Å². The zero-order chi connectivity index (χ0) is 21.6. The molecular weight excluding hydrogens is 396 g/mol. The van der Waals surface area contributed by atoms with Gasteiger partial charge in [0.2, 0.25) is 0 Å². The van der Waals surface area contributed by atoms with Gasteiger partial charge in [0, 0.05) is 25.3 Å². The summed E-state index contributed by atoms with van der Waals surface area (Å²) in [6.07, 6.45) is 6.25. The lowest BCUT2D eigenvalue weighted by atomic mass is 10.1. The molecule has 3 N–H and O–H groups in total. The molecule has 0 bridgehead atoms. The Morgan fingerprint density at radius 2 is 1.66 bits per heavy atom. The van der Waals surface area contributed by atoms with E-state index in [0.717, 1.165) is 69.1 Å². The van der Waals surface area contributed by atoms with E-state index in [9.17, 15) is 0 Å². The number of benzene rings is 2. The van der Waals surface area contributed by atoms with E-state index in [-0.39, 0.29) is 6.04 Å². The number of hydrogen-bond acceptors (Lipinski definition) is 5. The Bertz CT molecular complexity index is 1020. The Hall–Kier alpha value is -3.12. The minimum Gasteiger partial charge on any atom is -0.380 e. The number of fused-ring (bicyclic) bond motifs is 1. The quantitative estimate of drug-likeness (QED) is 0.564. The molecule has 2 aliphatic rings. The molecule has 1 fully saturated rings. The van der Waals surface area contributed by atoms with E-state index < -0.39 is 0 Å². The highest BCUT2D eigenvalue weighted by Gasteiger charge is 2.24. The van der Waals surface area contributed by atoms with Gasteiger partial charge in [0.25, 0.3) is 0 Å². The van der Waals surface area contributed by atoms with Crippen molar-refractivity contribution in [3.05, 3.63) is 83.7 Å². The second kappa shape index (κ2) is 10.0. The zero-order valence-corrected chi connectivity index (χ0v) is 18.5. The minimum absolute atomic E-state index is 0.175. The fourth-order valence-electron chi connectivity index (χ4n) is 4.51. The van der Waals surface area contributed by atoms with Gasteiger partial charge in [-0.1, -0.05) is 60.7 Å². The molecule has 1 aromatic heterocycles. The number of aromatic nitrogens is 2. The maximum Gasteiger partial charge on any atom is 0.151 e. The van der Waals surface area contributed by atoms with Crippen molar-refractivity contribution >= 4 is 11.5 Å². The van der Waals surface area contributed by atoms with Gasteiger partial charge < -0.3 is 16.0 Å². The van der Waals surface area contributed by atoms with Crippen LogP contribution >= 0.6 is 0 Å². The molecule has 3 heterocycles. The van der Waals surface area contributed by atoms with E-state index in [2.05, 4.69) is 87.5 Å². The molecule has 166 valence electrons. The van der Waals surface area contributed by atoms with Crippen molar-refractivity contribution in [1.82, 2.24) is 20.4 Å². The van der Waals surface area contributed by atoms with Crippen molar-refractivity contribution in [3.8, 4) is 0 Å². The lowest BCUT2D eigenvalue weighted by Gasteiger charge is -2.25. The zero-order valence-electron chi connectivity index (χ0n) is 18.5. The first-order chi connectivity index (χ1) is 15.8. The van der Waals surface area contributed by atoms with Crippen molar-refractivity contribution in [2.75, 3.05) is 25.0 Å². The van der Waals surface area contributed by atoms with Gasteiger partial charge in [-0.25, -0.2) is 0 Å². The van der Waals surface area contributed by atoms with Gasteiger partial charge >= 0.3 is 0 Å². The van der Waals surface area contributed by atoms with Gasteiger partial charge in [-0.2, -0.15) is 5.10 Å². The van der Waals surface area contributed by atoms with Gasteiger partial charge in [-0.05, 0) is 49.9 Å². The number of hydrogen-bond donors (Lipinski definition) is 3. The highest BCUT2D eigenvalue weighted by atomic mass is 15.3. The van der Waals surface area contributed by atoms with Gasteiger partial charge in [-0.3, -0.25) is 9.67 Å². The number of nitrogens with one attached hydrogen (secondary N) is 3. The molecule has 0 spiro atoms. The highest BCUT2D eigenvalue weighted by molar-refractivity contribution is 6.02. The molecule has 6 nitrogen and oxygen atoms in total. The van der Waals surface area contributed by atoms with Crippen LogP contribution in [0.25, 0.3) is 0 Å². The SMILES string of the molecule is c1ccc(CCn2cc3c(n2)C(NC2CCNCC2)=N[C@H](Cc2ccccc2)CN3)cc1. The van der Waals surface area contributed by atoms with Crippen molar-refractivity contribution in [3.63, 3.8) is 0 Å². The summed E-state index contributed by atoms with van der Waals surface area (Å²) in [7, 11) is 0. The fraction of sp³-hybridized carbons (Fsp3) is 0.385. The molecule has 0 aliphatic carbocycles. The third-order valence-corrected chi connectivity index (χ3v) is 6.29. The van der Waals surface area contributed by atoms with Crippen LogP contribution in [0.4, 0.5) is 5.69 Å². The predicted molar refractivity (Wildman–Crippen MR) is 130 cm³/mol. The Balaban J connectivity index is 1.36. The minimum atomic E-state index is 0.175. The second-order valence-corrected chi connectivity index (χ2v) is 8.76. The largest absolute Gasteiger partial charge is 0.380 e. The molecule has 6 heteroatoms. The lowest BCUT2D eigenvalue weighted by molar-refractivity contribution is 0.428. The summed E-state index contributed by atoms with van der Waals surface area (Å²) in [6, 6.07) is 21.8. The van der Waals surface area contributed by atoms with Crippen molar-refractivity contribution in [2.45, 2.75) is 44.3 Å². The van der Waals surface area contributed by atoms with Gasteiger partial charge in [-0.15, -0.1) is 0 Å². The first-order valence-corrected chi connectivity index (χ1v) is 11.8. The number of rotatable bonds is 6. The second-order valence-electron chi connectivity index (χ2n) is 8.76. The summed E-state index contributed by atoms with van der Waals surface area (Å²) in [5.74, 6) is 0.941. The van der Waals surface area contributed by atoms with E-state index in [4.69, 9.17) is 10.1 Å². The number of anilines is 1. The van der Waals surface area contributed by atoms with Crippen LogP contribution < -0.4 is 16.0 Å². The number of amidine groups is 1. The monoisotopic (exact) mass is 428 g/mol. The summed E-state index contributed by atoms with van der Waals surface area (Å²) in [5.41, 5.74) is 4.67. The maximum absolute atomic E-state index is 5.18. The third kappa shape index (κ3) is 5.19. The predicted octanol–water partition coefficient (Wildman–Crippen LogP) is 3.25. The van der Waals surface area contributed by atoms with Crippen LogP contribution in [0.1, 0.15) is 29.7 Å². The summed E-state index contributed by atoms with van der Waals surface area (Å²) >= 11 is 0. The first-order valence-electron chi connectivity index (χ1n) is 11.8. The Labute approximate surface area is 190 Å². The summed E-state index contributed by atoms with van der Waals surface area (Å²) < 4.78 is 2.06. The number of aryl methyl sites for hydroxylation is 2. The van der Waals surface area contributed by atoms with Crippen molar-refractivity contribution in [1.29, 1.82) is 0 Å². The van der Waals surface area contributed by atoms with Crippen molar-refractivity contribution < 1.29 is 0 Å². The molecule has 3 aromatic rings. The molecule has 0 radical (unpaired) electrons. The van der Waals surface area contributed by atoms with E-state index in [1.807, 2.05) is 0 Å². The van der Waals surface area contributed by atoms with E-state index in [1.165, 1.54) is 11.1 Å². The molecule has 0 amide bonds.